The highest BCUT2D eigenvalue weighted by atomic mass is 32.2. The van der Waals surface area contributed by atoms with Gasteiger partial charge in [-0.05, 0) is 13.2 Å². The molecule has 0 atom stereocenters. The maximum atomic E-state index is 11.7. The summed E-state index contributed by atoms with van der Waals surface area (Å²) in [5.41, 5.74) is 0.456. The fraction of sp³-hybridized carbons (Fsp3) is 0.500. The Morgan fingerprint density at radius 2 is 2.38 bits per heavy atom. The first-order valence-electron chi connectivity index (χ1n) is 5.09. The van der Waals surface area contributed by atoms with Gasteiger partial charge in [0.05, 0.1) is 6.61 Å². The highest BCUT2D eigenvalue weighted by molar-refractivity contribution is 7.98. The summed E-state index contributed by atoms with van der Waals surface area (Å²) in [6, 6.07) is 0. The van der Waals surface area contributed by atoms with E-state index in [0.29, 0.717) is 23.1 Å². The van der Waals surface area contributed by atoms with Gasteiger partial charge < -0.3 is 9.64 Å². The van der Waals surface area contributed by atoms with Crippen LogP contribution in [-0.2, 0) is 4.74 Å². The van der Waals surface area contributed by atoms with Gasteiger partial charge in [0.15, 0.2) is 5.16 Å². The van der Waals surface area contributed by atoms with E-state index in [1.54, 1.807) is 13.1 Å². The highest BCUT2D eigenvalue weighted by Gasteiger charge is 2.27. The molecule has 0 saturated carbocycles. The quantitative estimate of drug-likeness (QED) is 0.340. The first kappa shape index (κ1) is 11.2. The molecule has 1 aliphatic rings. The lowest BCUT2D eigenvalue weighted by Crippen LogP contribution is -2.11. The summed E-state index contributed by atoms with van der Waals surface area (Å²) in [5, 5.41) is 0.676. The summed E-state index contributed by atoms with van der Waals surface area (Å²) >= 11 is 1.46. The Morgan fingerprint density at radius 1 is 1.62 bits per heavy atom. The fourth-order valence-electron chi connectivity index (χ4n) is 1.31. The Hall–Kier alpha value is -1.30. The van der Waals surface area contributed by atoms with Gasteiger partial charge in [-0.15, -0.1) is 0 Å². The second-order valence-corrected chi connectivity index (χ2v) is 4.07. The van der Waals surface area contributed by atoms with Crippen molar-refractivity contribution in [2.24, 2.45) is 0 Å². The minimum absolute atomic E-state index is 0.350. The van der Waals surface area contributed by atoms with Crippen molar-refractivity contribution in [2.45, 2.75) is 12.1 Å². The Bertz CT molecular complexity index is 407. The van der Waals surface area contributed by atoms with Crippen LogP contribution in [0, 0.1) is 0 Å². The molecule has 0 aromatic carbocycles. The second-order valence-electron chi connectivity index (χ2n) is 3.30. The van der Waals surface area contributed by atoms with Gasteiger partial charge in [0.2, 0.25) is 0 Å². The summed E-state index contributed by atoms with van der Waals surface area (Å²) in [6.07, 6.45) is 3.45. The zero-order valence-corrected chi connectivity index (χ0v) is 10.1. The predicted molar refractivity (Wildman–Crippen MR) is 62.0 cm³/mol. The molecule has 0 bridgehead atoms. The van der Waals surface area contributed by atoms with Crippen molar-refractivity contribution < 1.29 is 9.53 Å². The van der Waals surface area contributed by atoms with Crippen LogP contribution < -0.4 is 4.90 Å². The van der Waals surface area contributed by atoms with Gasteiger partial charge in [-0.2, -0.15) is 0 Å². The summed E-state index contributed by atoms with van der Waals surface area (Å²) in [6.45, 7) is 4.03. The van der Waals surface area contributed by atoms with Crippen LogP contribution >= 0.6 is 11.8 Å². The fourth-order valence-corrected chi connectivity index (χ4v) is 1.65. The molecule has 1 aromatic rings. The molecule has 16 heavy (non-hydrogen) atoms. The second kappa shape index (κ2) is 4.69. The van der Waals surface area contributed by atoms with Gasteiger partial charge in [0.1, 0.15) is 11.4 Å². The lowest BCUT2D eigenvalue weighted by Gasteiger charge is -2.09. The Kier molecular flexibility index (Phi) is 3.28. The van der Waals surface area contributed by atoms with E-state index in [-0.39, 0.29) is 5.97 Å². The third-order valence-electron chi connectivity index (χ3n) is 2.17. The number of esters is 1. The number of anilines is 1. The average molecular weight is 239 g/mol. The van der Waals surface area contributed by atoms with E-state index in [2.05, 4.69) is 9.97 Å². The normalized spacial score (nSPS) is 13.8. The molecule has 6 heteroatoms. The van der Waals surface area contributed by atoms with Crippen LogP contribution in [0.15, 0.2) is 11.4 Å². The van der Waals surface area contributed by atoms with Crippen LogP contribution in [0.4, 0.5) is 5.82 Å². The number of nitrogens with zero attached hydrogens (tertiary/aromatic N) is 3. The van der Waals surface area contributed by atoms with Gasteiger partial charge >= 0.3 is 5.97 Å². The molecule has 0 N–H and O–H groups in total. The molecule has 0 aliphatic carbocycles. The van der Waals surface area contributed by atoms with Crippen LogP contribution in [0.3, 0.4) is 0 Å². The molecule has 0 spiro atoms. The molecule has 2 heterocycles. The number of rotatable bonds is 4. The van der Waals surface area contributed by atoms with Crippen LogP contribution in [0.5, 0.6) is 0 Å². The maximum absolute atomic E-state index is 11.7. The molecule has 0 amide bonds. The van der Waals surface area contributed by atoms with Crippen molar-refractivity contribution in [1.29, 1.82) is 0 Å². The lowest BCUT2D eigenvalue weighted by atomic mass is 10.3. The van der Waals surface area contributed by atoms with E-state index >= 15 is 0 Å². The number of hydrogen-bond acceptors (Lipinski definition) is 6. The van der Waals surface area contributed by atoms with Gasteiger partial charge in [-0.25, -0.2) is 14.8 Å². The van der Waals surface area contributed by atoms with Gasteiger partial charge in [0, 0.05) is 19.3 Å². The van der Waals surface area contributed by atoms with E-state index in [1.807, 2.05) is 11.2 Å². The van der Waals surface area contributed by atoms with Crippen molar-refractivity contribution in [3.05, 3.63) is 11.8 Å². The molecular weight excluding hydrogens is 226 g/mol. The SMILES string of the molecule is CCOC(=O)c1cnc(SC)nc1N1CC1. The number of carbonyl (C=O) groups is 1. The van der Waals surface area contributed by atoms with Crippen molar-refractivity contribution in [3.63, 3.8) is 0 Å². The van der Waals surface area contributed by atoms with Crippen LogP contribution in [0.2, 0.25) is 0 Å². The van der Waals surface area contributed by atoms with E-state index in [1.165, 1.54) is 11.8 Å². The summed E-state index contributed by atoms with van der Waals surface area (Å²) in [7, 11) is 0. The van der Waals surface area contributed by atoms with Crippen LogP contribution in [0.1, 0.15) is 17.3 Å². The molecular formula is C10H13N3O2S. The molecule has 0 radical (unpaired) electrons. The van der Waals surface area contributed by atoms with Gasteiger partial charge in [0.25, 0.3) is 0 Å². The summed E-state index contributed by atoms with van der Waals surface area (Å²) in [4.78, 5) is 22.1. The van der Waals surface area contributed by atoms with Crippen LogP contribution in [0.25, 0.3) is 0 Å². The number of thioether (sulfide) groups is 1. The Morgan fingerprint density at radius 3 is 2.94 bits per heavy atom. The monoisotopic (exact) mass is 239 g/mol. The van der Waals surface area contributed by atoms with Crippen molar-refractivity contribution in [2.75, 3.05) is 30.9 Å². The van der Waals surface area contributed by atoms with E-state index in [0.717, 1.165) is 13.1 Å². The lowest BCUT2D eigenvalue weighted by molar-refractivity contribution is 0.0526. The van der Waals surface area contributed by atoms with E-state index in [4.69, 9.17) is 4.74 Å². The minimum atomic E-state index is -0.350. The summed E-state index contributed by atoms with van der Waals surface area (Å²) in [5.74, 6) is 0.342. The molecule has 1 fully saturated rings. The molecule has 1 aromatic heterocycles. The Labute approximate surface area is 98.2 Å². The first-order valence-corrected chi connectivity index (χ1v) is 6.31. The first-order chi connectivity index (χ1) is 7.76. The average Bonchev–Trinajstić information content (AvgIpc) is 3.12. The zero-order chi connectivity index (χ0) is 11.5. The third kappa shape index (κ3) is 2.27. The number of carbonyl (C=O) groups excluding carboxylic acids is 1. The topological polar surface area (TPSA) is 55.1 Å². The third-order valence-corrected chi connectivity index (χ3v) is 2.73. The van der Waals surface area contributed by atoms with Crippen LogP contribution in [-0.4, -0.2) is 41.9 Å². The zero-order valence-electron chi connectivity index (χ0n) is 9.27. The number of aromatic nitrogens is 2. The molecule has 2 rings (SSSR count). The van der Waals surface area contributed by atoms with Crippen molar-refractivity contribution in [3.8, 4) is 0 Å². The molecule has 5 nitrogen and oxygen atoms in total. The molecule has 86 valence electrons. The predicted octanol–water partition coefficient (Wildman–Crippen LogP) is 1.20. The van der Waals surface area contributed by atoms with Gasteiger partial charge in [-0.1, -0.05) is 11.8 Å². The molecule has 1 aliphatic heterocycles. The number of ether oxygens (including phenoxy) is 1. The van der Waals surface area contributed by atoms with Crippen molar-refractivity contribution in [1.82, 2.24) is 9.97 Å². The smallest absolute Gasteiger partial charge is 0.343 e. The van der Waals surface area contributed by atoms with Gasteiger partial charge in [-0.3, -0.25) is 0 Å². The number of hydrogen-bond donors (Lipinski definition) is 0. The standard InChI is InChI=1S/C10H13N3O2S/c1-3-15-9(14)7-6-11-10(16-2)12-8(7)13-4-5-13/h6H,3-5H2,1-2H3. The van der Waals surface area contributed by atoms with E-state index in [9.17, 15) is 4.79 Å². The molecule has 0 unspecified atom stereocenters. The van der Waals surface area contributed by atoms with E-state index < -0.39 is 0 Å². The molecule has 1 saturated heterocycles. The largest absolute Gasteiger partial charge is 0.462 e. The minimum Gasteiger partial charge on any atom is -0.462 e. The Balaban J connectivity index is 2.32. The highest BCUT2D eigenvalue weighted by Crippen LogP contribution is 2.25. The van der Waals surface area contributed by atoms with Crippen molar-refractivity contribution >= 4 is 23.5 Å². The maximum Gasteiger partial charge on any atom is 0.343 e. The summed E-state index contributed by atoms with van der Waals surface area (Å²) < 4.78 is 4.97.